The van der Waals surface area contributed by atoms with Gasteiger partial charge in [0.2, 0.25) is 0 Å². The molecule has 0 radical (unpaired) electrons. The highest BCUT2D eigenvalue weighted by molar-refractivity contribution is 7.92. The van der Waals surface area contributed by atoms with Gasteiger partial charge in [0.1, 0.15) is 10.8 Å². The molecule has 0 heterocycles. The molecule has 0 aromatic heterocycles. The zero-order valence-electron chi connectivity index (χ0n) is 10.5. The largest absolute Gasteiger partial charge is 0.389 e. The standard InChI is InChI=1S/C13H10ClFN2O2S2/c14-9-2-1-3-10(7-9)21(18,19)17-12-5-4-8(13(16)20)6-11(12)15/h1-7,17H,(H2,16,20). The van der Waals surface area contributed by atoms with Gasteiger partial charge in [0.25, 0.3) is 10.0 Å². The Hall–Kier alpha value is -1.70. The zero-order valence-corrected chi connectivity index (χ0v) is 12.9. The Balaban J connectivity index is 2.35. The maximum atomic E-state index is 13.9. The molecule has 4 nitrogen and oxygen atoms in total. The lowest BCUT2D eigenvalue weighted by Crippen LogP contribution is -2.15. The van der Waals surface area contributed by atoms with Crippen molar-refractivity contribution in [3.8, 4) is 0 Å². The zero-order chi connectivity index (χ0) is 15.6. The second-order valence-corrected chi connectivity index (χ2v) is 6.68. The first-order chi connectivity index (χ1) is 9.79. The smallest absolute Gasteiger partial charge is 0.262 e. The Morgan fingerprint density at radius 3 is 2.52 bits per heavy atom. The Morgan fingerprint density at radius 2 is 1.95 bits per heavy atom. The molecule has 0 spiro atoms. The molecule has 0 saturated carbocycles. The van der Waals surface area contributed by atoms with Crippen molar-refractivity contribution in [2.24, 2.45) is 5.73 Å². The highest BCUT2D eigenvalue weighted by atomic mass is 35.5. The van der Waals surface area contributed by atoms with Gasteiger partial charge in [-0.1, -0.05) is 29.9 Å². The Kier molecular flexibility index (Phi) is 4.46. The lowest BCUT2D eigenvalue weighted by molar-refractivity contribution is 0.598. The third-order valence-corrected chi connectivity index (χ3v) is 4.44. The highest BCUT2D eigenvalue weighted by Crippen LogP contribution is 2.22. The first kappa shape index (κ1) is 15.7. The number of nitrogens with two attached hydrogens (primary N) is 1. The monoisotopic (exact) mass is 344 g/mol. The van der Waals surface area contributed by atoms with Crippen LogP contribution in [0.25, 0.3) is 0 Å². The molecular formula is C13H10ClFN2O2S2. The van der Waals surface area contributed by atoms with Crippen molar-refractivity contribution >= 4 is 44.5 Å². The number of sulfonamides is 1. The molecule has 0 bridgehead atoms. The fraction of sp³-hybridized carbons (Fsp3) is 0. The molecule has 0 unspecified atom stereocenters. The van der Waals surface area contributed by atoms with E-state index in [0.29, 0.717) is 5.56 Å². The van der Waals surface area contributed by atoms with Crippen LogP contribution in [0.15, 0.2) is 47.4 Å². The van der Waals surface area contributed by atoms with Crippen LogP contribution in [0.5, 0.6) is 0 Å². The van der Waals surface area contributed by atoms with E-state index >= 15 is 0 Å². The summed E-state index contributed by atoms with van der Waals surface area (Å²) >= 11 is 10.5. The van der Waals surface area contributed by atoms with E-state index in [2.05, 4.69) is 4.72 Å². The Labute approximate surface area is 131 Å². The van der Waals surface area contributed by atoms with E-state index in [1.165, 1.54) is 36.4 Å². The van der Waals surface area contributed by atoms with Crippen LogP contribution in [0.4, 0.5) is 10.1 Å². The second kappa shape index (κ2) is 5.97. The van der Waals surface area contributed by atoms with Gasteiger partial charge in [-0.25, -0.2) is 12.8 Å². The van der Waals surface area contributed by atoms with Gasteiger partial charge in [0, 0.05) is 10.6 Å². The van der Waals surface area contributed by atoms with Crippen molar-refractivity contribution in [3.05, 3.63) is 58.9 Å². The van der Waals surface area contributed by atoms with E-state index in [4.69, 9.17) is 29.6 Å². The predicted octanol–water partition coefficient (Wildman–Crippen LogP) is 2.91. The van der Waals surface area contributed by atoms with Crippen LogP contribution in [-0.2, 0) is 10.0 Å². The van der Waals surface area contributed by atoms with Crippen LogP contribution in [0, 0.1) is 5.82 Å². The Bertz CT molecular complexity index is 810. The first-order valence-corrected chi connectivity index (χ1v) is 7.94. The molecule has 21 heavy (non-hydrogen) atoms. The van der Waals surface area contributed by atoms with E-state index in [-0.39, 0.29) is 20.6 Å². The summed E-state index contributed by atoms with van der Waals surface area (Å²) in [6, 6.07) is 9.41. The summed E-state index contributed by atoms with van der Waals surface area (Å²) in [6.07, 6.45) is 0. The molecule has 0 aliphatic carbocycles. The van der Waals surface area contributed by atoms with Crippen molar-refractivity contribution in [2.45, 2.75) is 4.90 Å². The highest BCUT2D eigenvalue weighted by Gasteiger charge is 2.17. The summed E-state index contributed by atoms with van der Waals surface area (Å²) in [5.74, 6) is -0.772. The lowest BCUT2D eigenvalue weighted by Gasteiger charge is -2.10. The van der Waals surface area contributed by atoms with Gasteiger partial charge in [-0.05, 0) is 36.4 Å². The number of rotatable bonds is 4. The second-order valence-electron chi connectivity index (χ2n) is 4.12. The molecule has 2 aromatic carbocycles. The Morgan fingerprint density at radius 1 is 1.24 bits per heavy atom. The maximum absolute atomic E-state index is 13.9. The van der Waals surface area contributed by atoms with Gasteiger partial charge in [0.05, 0.1) is 10.6 Å². The topological polar surface area (TPSA) is 72.2 Å². The van der Waals surface area contributed by atoms with Crippen molar-refractivity contribution in [1.29, 1.82) is 0 Å². The minimum Gasteiger partial charge on any atom is -0.389 e. The molecule has 0 amide bonds. The van der Waals surface area contributed by atoms with Crippen LogP contribution in [0.3, 0.4) is 0 Å². The normalized spacial score (nSPS) is 11.1. The van der Waals surface area contributed by atoms with Crippen molar-refractivity contribution < 1.29 is 12.8 Å². The SMILES string of the molecule is NC(=S)c1ccc(NS(=O)(=O)c2cccc(Cl)c2)c(F)c1. The number of thiocarbonyl (C=S) groups is 1. The number of nitrogens with one attached hydrogen (secondary N) is 1. The van der Waals surface area contributed by atoms with Gasteiger partial charge >= 0.3 is 0 Å². The van der Waals surface area contributed by atoms with E-state index < -0.39 is 15.8 Å². The average molecular weight is 345 g/mol. The maximum Gasteiger partial charge on any atom is 0.262 e. The number of anilines is 1. The summed E-state index contributed by atoms with van der Waals surface area (Å²) in [5.41, 5.74) is 5.49. The molecule has 0 fully saturated rings. The fourth-order valence-electron chi connectivity index (χ4n) is 1.59. The van der Waals surface area contributed by atoms with Crippen molar-refractivity contribution in [1.82, 2.24) is 0 Å². The molecule has 0 saturated heterocycles. The molecule has 0 atom stereocenters. The van der Waals surface area contributed by atoms with Crippen molar-refractivity contribution in [3.63, 3.8) is 0 Å². The number of benzene rings is 2. The average Bonchev–Trinajstić information content (AvgIpc) is 2.40. The quantitative estimate of drug-likeness (QED) is 0.836. The van der Waals surface area contributed by atoms with Crippen LogP contribution in [-0.4, -0.2) is 13.4 Å². The number of hydrogen-bond donors (Lipinski definition) is 2. The van der Waals surface area contributed by atoms with Crippen molar-refractivity contribution in [2.75, 3.05) is 4.72 Å². The summed E-state index contributed by atoms with van der Waals surface area (Å²) < 4.78 is 40.3. The number of halogens is 2. The summed E-state index contributed by atoms with van der Waals surface area (Å²) in [6.45, 7) is 0. The van der Waals surface area contributed by atoms with Gasteiger partial charge in [-0.2, -0.15) is 0 Å². The van der Waals surface area contributed by atoms with E-state index in [9.17, 15) is 12.8 Å². The van der Waals surface area contributed by atoms with Gasteiger partial charge in [-0.15, -0.1) is 0 Å². The van der Waals surface area contributed by atoms with Gasteiger partial charge in [0.15, 0.2) is 0 Å². The van der Waals surface area contributed by atoms with Crippen LogP contribution in [0.1, 0.15) is 5.56 Å². The lowest BCUT2D eigenvalue weighted by atomic mass is 10.2. The van der Waals surface area contributed by atoms with Crippen LogP contribution < -0.4 is 10.5 Å². The summed E-state index contributed by atoms with van der Waals surface area (Å²) in [5, 5.41) is 0.266. The minimum atomic E-state index is -3.93. The van der Waals surface area contributed by atoms with Gasteiger partial charge < -0.3 is 5.73 Å². The first-order valence-electron chi connectivity index (χ1n) is 5.67. The molecule has 0 aliphatic heterocycles. The van der Waals surface area contributed by atoms with E-state index in [1.807, 2.05) is 0 Å². The summed E-state index contributed by atoms with van der Waals surface area (Å²) in [7, 11) is -3.93. The minimum absolute atomic E-state index is 0.0261. The van der Waals surface area contributed by atoms with E-state index in [1.54, 1.807) is 0 Å². The fourth-order valence-corrected chi connectivity index (χ4v) is 3.08. The van der Waals surface area contributed by atoms with E-state index in [0.717, 1.165) is 6.07 Å². The molecular weight excluding hydrogens is 335 g/mol. The third-order valence-electron chi connectivity index (χ3n) is 2.60. The molecule has 3 N–H and O–H groups in total. The molecule has 2 aromatic rings. The van der Waals surface area contributed by atoms with Crippen LogP contribution >= 0.6 is 23.8 Å². The molecule has 2 rings (SSSR count). The molecule has 0 aliphatic rings. The summed E-state index contributed by atoms with van der Waals surface area (Å²) in [4.78, 5) is -0.0361. The number of hydrogen-bond acceptors (Lipinski definition) is 3. The van der Waals surface area contributed by atoms with Crippen LogP contribution in [0.2, 0.25) is 5.02 Å². The molecule has 8 heteroatoms. The molecule has 110 valence electrons. The predicted molar refractivity (Wildman–Crippen MR) is 84.5 cm³/mol. The van der Waals surface area contributed by atoms with Gasteiger partial charge in [-0.3, -0.25) is 4.72 Å². The third kappa shape index (κ3) is 3.69.